The van der Waals surface area contributed by atoms with Crippen molar-refractivity contribution in [2.45, 2.75) is 25.9 Å². The largest absolute Gasteiger partial charge is 0.496 e. The van der Waals surface area contributed by atoms with E-state index in [0.29, 0.717) is 30.0 Å². The Morgan fingerprint density at radius 3 is 2.62 bits per heavy atom. The lowest BCUT2D eigenvalue weighted by molar-refractivity contribution is -0.0504. The first-order valence-corrected chi connectivity index (χ1v) is 10.5. The molecule has 1 saturated heterocycles. The highest BCUT2D eigenvalue weighted by molar-refractivity contribution is 6.01. The number of alkyl halides is 2. The molecule has 1 fully saturated rings. The highest BCUT2D eigenvalue weighted by Gasteiger charge is 2.34. The Morgan fingerprint density at radius 2 is 2.00 bits per heavy atom. The summed E-state index contributed by atoms with van der Waals surface area (Å²) >= 11 is 0. The van der Waals surface area contributed by atoms with Gasteiger partial charge in [0.2, 0.25) is 0 Å². The van der Waals surface area contributed by atoms with Gasteiger partial charge in [-0.05, 0) is 43.7 Å². The number of ether oxygens (including phenoxy) is 2. The molecule has 0 radical (unpaired) electrons. The van der Waals surface area contributed by atoms with E-state index in [-0.39, 0.29) is 23.0 Å². The van der Waals surface area contributed by atoms with E-state index in [0.717, 1.165) is 5.56 Å². The number of nitriles is 1. The number of hydrogen-bond acceptors (Lipinski definition) is 5. The smallest absolute Gasteiger partial charge is 0.387 e. The first kappa shape index (κ1) is 23.1. The van der Waals surface area contributed by atoms with Crippen molar-refractivity contribution >= 4 is 11.6 Å². The maximum Gasteiger partial charge on any atom is 0.387 e. The molecule has 0 N–H and O–H groups in total. The van der Waals surface area contributed by atoms with Gasteiger partial charge in [0.15, 0.2) is 0 Å². The Morgan fingerprint density at radius 1 is 1.29 bits per heavy atom. The van der Waals surface area contributed by atoms with Crippen molar-refractivity contribution in [1.29, 1.82) is 5.26 Å². The molecule has 3 aromatic rings. The third kappa shape index (κ3) is 4.01. The van der Waals surface area contributed by atoms with Crippen LogP contribution in [0.2, 0.25) is 0 Å². The van der Waals surface area contributed by atoms with E-state index in [2.05, 4.69) is 17.0 Å². The first-order chi connectivity index (χ1) is 16.2. The number of hydrogen-bond donors (Lipinski definition) is 0. The molecular weight excluding hydrogens is 442 g/mol. The number of benzene rings is 1. The molecule has 0 atom stereocenters. The van der Waals surface area contributed by atoms with E-state index in [4.69, 9.17) is 15.9 Å². The Bertz CT molecular complexity index is 1340. The van der Waals surface area contributed by atoms with Crippen molar-refractivity contribution in [2.24, 2.45) is 5.92 Å². The van der Waals surface area contributed by atoms with Gasteiger partial charge in [-0.25, -0.2) is 4.98 Å². The molecule has 2 aromatic heterocycles. The van der Waals surface area contributed by atoms with Crippen LogP contribution in [0.15, 0.2) is 36.7 Å². The molecule has 9 heteroatoms. The number of carbonyl (C=O) groups excluding carboxylic acids is 1. The van der Waals surface area contributed by atoms with Crippen molar-refractivity contribution in [3.63, 3.8) is 0 Å². The lowest BCUT2D eigenvalue weighted by atomic mass is 9.87. The number of imidazole rings is 1. The zero-order valence-corrected chi connectivity index (χ0v) is 18.9. The molecule has 4 rings (SSSR count). The molecule has 34 heavy (non-hydrogen) atoms. The summed E-state index contributed by atoms with van der Waals surface area (Å²) in [4.78, 5) is 18.9. The van der Waals surface area contributed by atoms with E-state index >= 15 is 0 Å². The number of carbonyl (C=O) groups is 1. The van der Waals surface area contributed by atoms with E-state index in [9.17, 15) is 18.8 Å². The van der Waals surface area contributed by atoms with Crippen LogP contribution in [0.25, 0.3) is 16.9 Å². The van der Waals surface area contributed by atoms with Gasteiger partial charge in [-0.2, -0.15) is 14.0 Å². The van der Waals surface area contributed by atoms with Gasteiger partial charge in [-0.15, -0.1) is 6.42 Å². The quantitative estimate of drug-likeness (QED) is 0.513. The molecule has 1 aliphatic rings. The lowest BCUT2D eigenvalue weighted by Gasteiger charge is -2.36. The van der Waals surface area contributed by atoms with Crippen molar-refractivity contribution < 1.29 is 23.0 Å². The van der Waals surface area contributed by atoms with Crippen LogP contribution >= 0.6 is 0 Å². The average molecular weight is 464 g/mol. The van der Waals surface area contributed by atoms with Crippen molar-refractivity contribution in [3.8, 4) is 41.2 Å². The van der Waals surface area contributed by atoms with Crippen LogP contribution in [0.4, 0.5) is 8.78 Å². The maximum atomic E-state index is 13.3. The number of likely N-dealkylation sites (tertiary alicyclic amines) is 1. The van der Waals surface area contributed by atoms with Crippen LogP contribution in [0, 0.1) is 29.6 Å². The average Bonchev–Trinajstić information content (AvgIpc) is 3.20. The van der Waals surface area contributed by atoms with Crippen molar-refractivity contribution in [2.75, 3.05) is 20.2 Å². The molecule has 0 aliphatic carbocycles. The monoisotopic (exact) mass is 464 g/mol. The number of halogens is 2. The number of fused-ring (bicyclic) bond motifs is 1. The molecule has 1 amide bonds. The minimum atomic E-state index is -3.14. The van der Waals surface area contributed by atoms with Crippen LogP contribution < -0.4 is 9.47 Å². The van der Waals surface area contributed by atoms with E-state index < -0.39 is 17.9 Å². The Hall–Kier alpha value is -4.11. The van der Waals surface area contributed by atoms with Gasteiger partial charge < -0.3 is 14.4 Å². The molecule has 7 nitrogen and oxygen atoms in total. The second-order valence-corrected chi connectivity index (χ2v) is 8.53. The zero-order chi connectivity index (χ0) is 24.6. The van der Waals surface area contributed by atoms with Gasteiger partial charge >= 0.3 is 6.61 Å². The van der Waals surface area contributed by atoms with Crippen LogP contribution in [-0.4, -0.2) is 47.0 Å². The summed E-state index contributed by atoms with van der Waals surface area (Å²) in [6.07, 6.45) is 8.72. The minimum Gasteiger partial charge on any atom is -0.496 e. The predicted molar refractivity (Wildman–Crippen MR) is 121 cm³/mol. The summed E-state index contributed by atoms with van der Waals surface area (Å²) < 4.78 is 38.5. The number of nitrogens with zero attached hydrogens (tertiary/aromatic N) is 4. The molecule has 174 valence electrons. The Kier molecular flexibility index (Phi) is 5.89. The zero-order valence-electron chi connectivity index (χ0n) is 18.9. The highest BCUT2D eigenvalue weighted by Crippen LogP contribution is 2.38. The fourth-order valence-corrected chi connectivity index (χ4v) is 3.85. The lowest BCUT2D eigenvalue weighted by Crippen LogP contribution is -2.49. The molecular formula is C25H22F2N4O3. The summed E-state index contributed by atoms with van der Waals surface area (Å²) in [6.45, 7) is 1.15. The van der Waals surface area contributed by atoms with Crippen LogP contribution in [0.3, 0.4) is 0 Å². The SMILES string of the molecule is C#CC1CN(C(=O)c2c(OC)cc(-c3cnc4cc(C(C)(C)C#N)ccn34)cc2OC(F)F)C1. The van der Waals surface area contributed by atoms with E-state index in [1.807, 2.05) is 0 Å². The second-order valence-electron chi connectivity index (χ2n) is 8.53. The summed E-state index contributed by atoms with van der Waals surface area (Å²) in [6, 6.07) is 8.81. The van der Waals surface area contributed by atoms with Gasteiger partial charge in [-0.1, -0.05) is 5.92 Å². The van der Waals surface area contributed by atoms with Crippen molar-refractivity contribution in [3.05, 3.63) is 47.8 Å². The maximum absolute atomic E-state index is 13.3. The van der Waals surface area contributed by atoms with Crippen molar-refractivity contribution in [1.82, 2.24) is 14.3 Å². The molecule has 0 bridgehead atoms. The number of terminal acetylenes is 1. The fourth-order valence-electron chi connectivity index (χ4n) is 3.85. The molecule has 3 heterocycles. The number of amides is 1. The molecule has 0 unspecified atom stereocenters. The summed E-state index contributed by atoms with van der Waals surface area (Å²) in [7, 11) is 1.35. The van der Waals surface area contributed by atoms with Gasteiger partial charge in [-0.3, -0.25) is 9.20 Å². The Balaban J connectivity index is 1.80. The highest BCUT2D eigenvalue weighted by atomic mass is 19.3. The van der Waals surface area contributed by atoms with Crippen LogP contribution in [0.5, 0.6) is 11.5 Å². The van der Waals surface area contributed by atoms with Gasteiger partial charge in [0, 0.05) is 24.8 Å². The van der Waals surface area contributed by atoms with E-state index in [1.54, 1.807) is 48.8 Å². The normalized spacial score (nSPS) is 13.9. The van der Waals surface area contributed by atoms with Gasteiger partial charge in [0.25, 0.3) is 5.91 Å². The van der Waals surface area contributed by atoms with E-state index in [1.165, 1.54) is 18.1 Å². The summed E-state index contributed by atoms with van der Waals surface area (Å²) in [5.74, 6) is 1.81. The topological polar surface area (TPSA) is 79.9 Å². The third-order valence-corrected chi connectivity index (χ3v) is 5.93. The fraction of sp³-hybridized carbons (Fsp3) is 0.320. The first-order valence-electron chi connectivity index (χ1n) is 10.5. The molecule has 0 spiro atoms. The standard InChI is InChI=1S/C25H22F2N4O3/c1-5-15-12-30(13-15)23(32)22-19(33-4)8-16(9-20(22)34-24(26)27)18-11-29-21-10-17(6-7-31(18)21)25(2,3)14-28/h1,6-11,15,24H,12-13H2,2-4H3. The number of aromatic nitrogens is 2. The summed E-state index contributed by atoms with van der Waals surface area (Å²) in [5.41, 5.74) is 1.62. The number of rotatable bonds is 6. The number of methoxy groups -OCH3 is 1. The predicted octanol–water partition coefficient (Wildman–Crippen LogP) is 4.12. The number of pyridine rings is 1. The van der Waals surface area contributed by atoms with Gasteiger partial charge in [0.1, 0.15) is 22.7 Å². The summed E-state index contributed by atoms with van der Waals surface area (Å²) in [5, 5.41) is 9.42. The molecule has 1 aromatic carbocycles. The minimum absolute atomic E-state index is 0.0669. The third-order valence-electron chi connectivity index (χ3n) is 5.93. The molecule has 1 aliphatic heterocycles. The van der Waals surface area contributed by atoms with Gasteiger partial charge in [0.05, 0.1) is 36.4 Å². The van der Waals surface area contributed by atoms with Crippen LogP contribution in [0.1, 0.15) is 29.8 Å². The second kappa shape index (κ2) is 8.68. The molecule has 0 saturated carbocycles. The Labute approximate surface area is 195 Å². The van der Waals surface area contributed by atoms with Crippen LogP contribution in [-0.2, 0) is 5.41 Å².